The molecule has 1 radical (unpaired) electrons. The van der Waals surface area contributed by atoms with Crippen molar-refractivity contribution in [3.8, 4) is 11.4 Å². The predicted octanol–water partition coefficient (Wildman–Crippen LogP) is 3.44. The zero-order chi connectivity index (χ0) is 11.7. The van der Waals surface area contributed by atoms with Gasteiger partial charge in [0, 0.05) is 23.3 Å². The standard InChI is InChI=1S/C15H12NO/c1-17-14-7-4-6-13(11-14)16-10-9-12-5-2-3-8-15(12)16/h3-11H,1H3. The molecule has 0 aliphatic heterocycles. The van der Waals surface area contributed by atoms with E-state index in [4.69, 9.17) is 4.74 Å². The van der Waals surface area contributed by atoms with Crippen LogP contribution in [0.2, 0.25) is 0 Å². The Kier molecular flexibility index (Phi) is 2.33. The molecule has 0 spiro atoms. The Morgan fingerprint density at radius 3 is 3.00 bits per heavy atom. The van der Waals surface area contributed by atoms with E-state index in [9.17, 15) is 0 Å². The fourth-order valence-corrected chi connectivity index (χ4v) is 2.01. The van der Waals surface area contributed by atoms with Gasteiger partial charge >= 0.3 is 0 Å². The molecule has 3 rings (SSSR count). The summed E-state index contributed by atoms with van der Waals surface area (Å²) in [5.41, 5.74) is 2.28. The molecule has 2 aromatic carbocycles. The molecule has 83 valence electrons. The van der Waals surface area contributed by atoms with Gasteiger partial charge in [0.2, 0.25) is 0 Å². The fraction of sp³-hybridized carbons (Fsp3) is 0.0667. The van der Waals surface area contributed by atoms with E-state index in [-0.39, 0.29) is 0 Å². The summed E-state index contributed by atoms with van der Waals surface area (Å²) in [6.45, 7) is 0. The number of fused-ring (bicyclic) bond motifs is 1. The zero-order valence-electron chi connectivity index (χ0n) is 9.55. The van der Waals surface area contributed by atoms with Crippen LogP contribution in [0.15, 0.2) is 54.7 Å². The lowest BCUT2D eigenvalue weighted by Crippen LogP contribution is -1.92. The summed E-state index contributed by atoms with van der Waals surface area (Å²) in [4.78, 5) is 0. The van der Waals surface area contributed by atoms with Crippen LogP contribution in [0.25, 0.3) is 16.6 Å². The molecule has 2 nitrogen and oxygen atoms in total. The number of hydrogen-bond donors (Lipinski definition) is 0. The zero-order valence-corrected chi connectivity index (χ0v) is 9.55. The van der Waals surface area contributed by atoms with E-state index in [1.165, 1.54) is 10.9 Å². The van der Waals surface area contributed by atoms with E-state index in [0.717, 1.165) is 11.4 Å². The van der Waals surface area contributed by atoms with Gasteiger partial charge in [-0.1, -0.05) is 12.1 Å². The van der Waals surface area contributed by atoms with Gasteiger partial charge in [0.1, 0.15) is 5.75 Å². The Morgan fingerprint density at radius 2 is 2.12 bits per heavy atom. The maximum atomic E-state index is 5.25. The summed E-state index contributed by atoms with van der Waals surface area (Å²) in [5.74, 6) is 0.867. The molecule has 0 aliphatic rings. The van der Waals surface area contributed by atoms with Crippen molar-refractivity contribution in [1.29, 1.82) is 0 Å². The molecular formula is C15H12NO. The van der Waals surface area contributed by atoms with Gasteiger partial charge in [-0.15, -0.1) is 0 Å². The summed E-state index contributed by atoms with van der Waals surface area (Å²) in [6.07, 6.45) is 2.06. The normalized spacial score (nSPS) is 10.6. The van der Waals surface area contributed by atoms with E-state index < -0.39 is 0 Å². The monoisotopic (exact) mass is 222 g/mol. The van der Waals surface area contributed by atoms with Gasteiger partial charge in [-0.3, -0.25) is 0 Å². The van der Waals surface area contributed by atoms with Crippen molar-refractivity contribution in [1.82, 2.24) is 4.57 Å². The smallest absolute Gasteiger partial charge is 0.120 e. The molecular weight excluding hydrogens is 210 g/mol. The molecule has 0 amide bonds. The van der Waals surface area contributed by atoms with Gasteiger partial charge in [0.15, 0.2) is 0 Å². The summed E-state index contributed by atoms with van der Waals surface area (Å²) in [6, 6.07) is 19.2. The van der Waals surface area contributed by atoms with Crippen molar-refractivity contribution in [3.05, 3.63) is 60.8 Å². The van der Waals surface area contributed by atoms with Crippen LogP contribution in [0.1, 0.15) is 0 Å². The molecule has 3 aromatic rings. The molecule has 17 heavy (non-hydrogen) atoms. The molecule has 1 heterocycles. The van der Waals surface area contributed by atoms with Crippen LogP contribution in [0.3, 0.4) is 0 Å². The molecule has 2 heteroatoms. The second kappa shape index (κ2) is 3.98. The van der Waals surface area contributed by atoms with E-state index in [2.05, 4.69) is 35.0 Å². The van der Waals surface area contributed by atoms with Crippen LogP contribution >= 0.6 is 0 Å². The van der Waals surface area contributed by atoms with Gasteiger partial charge in [0.25, 0.3) is 0 Å². The highest BCUT2D eigenvalue weighted by atomic mass is 16.5. The SMILES string of the molecule is COc1cccc(-n2ccc3c[c]ccc32)c1. The largest absolute Gasteiger partial charge is 0.497 e. The molecule has 0 N–H and O–H groups in total. The van der Waals surface area contributed by atoms with Crippen molar-refractivity contribution in [2.24, 2.45) is 0 Å². The van der Waals surface area contributed by atoms with Crippen LogP contribution in [0, 0.1) is 6.07 Å². The number of methoxy groups -OCH3 is 1. The first-order chi connectivity index (χ1) is 8.38. The molecule has 0 saturated heterocycles. The maximum absolute atomic E-state index is 5.25. The third-order valence-electron chi connectivity index (χ3n) is 2.87. The first-order valence-corrected chi connectivity index (χ1v) is 5.50. The fourth-order valence-electron chi connectivity index (χ4n) is 2.01. The number of ether oxygens (including phenoxy) is 1. The Morgan fingerprint density at radius 1 is 1.18 bits per heavy atom. The number of hydrogen-bond acceptors (Lipinski definition) is 1. The Hall–Kier alpha value is -2.22. The Labute approximate surface area is 100 Å². The maximum Gasteiger partial charge on any atom is 0.120 e. The Balaban J connectivity index is 2.20. The number of nitrogens with zero attached hydrogens (tertiary/aromatic N) is 1. The van der Waals surface area contributed by atoms with Crippen LogP contribution in [-0.2, 0) is 0 Å². The van der Waals surface area contributed by atoms with E-state index in [1.54, 1.807) is 7.11 Å². The second-order valence-corrected chi connectivity index (χ2v) is 3.87. The van der Waals surface area contributed by atoms with Crippen molar-refractivity contribution >= 4 is 10.9 Å². The summed E-state index contributed by atoms with van der Waals surface area (Å²) in [5, 5.41) is 1.19. The minimum Gasteiger partial charge on any atom is -0.497 e. The lowest BCUT2D eigenvalue weighted by molar-refractivity contribution is 0.414. The topological polar surface area (TPSA) is 14.2 Å². The average Bonchev–Trinajstić information content (AvgIpc) is 2.82. The van der Waals surface area contributed by atoms with Gasteiger partial charge in [0.05, 0.1) is 12.6 Å². The van der Waals surface area contributed by atoms with Crippen molar-refractivity contribution < 1.29 is 4.74 Å². The van der Waals surface area contributed by atoms with Crippen LogP contribution in [0.5, 0.6) is 5.75 Å². The average molecular weight is 222 g/mol. The minimum absolute atomic E-state index is 0.867. The molecule has 0 bridgehead atoms. The highest BCUT2D eigenvalue weighted by Gasteiger charge is 2.02. The van der Waals surface area contributed by atoms with Crippen molar-refractivity contribution in [2.45, 2.75) is 0 Å². The second-order valence-electron chi connectivity index (χ2n) is 3.87. The van der Waals surface area contributed by atoms with Crippen molar-refractivity contribution in [3.63, 3.8) is 0 Å². The van der Waals surface area contributed by atoms with Crippen molar-refractivity contribution in [2.75, 3.05) is 7.11 Å². The predicted molar refractivity (Wildman–Crippen MR) is 68.7 cm³/mol. The molecule has 0 unspecified atom stereocenters. The third-order valence-corrected chi connectivity index (χ3v) is 2.87. The van der Waals surface area contributed by atoms with Gasteiger partial charge in [-0.25, -0.2) is 0 Å². The number of rotatable bonds is 2. The number of aromatic nitrogens is 1. The first kappa shape index (κ1) is 9.97. The Bertz CT molecular complexity index is 655. The highest BCUT2D eigenvalue weighted by molar-refractivity contribution is 5.81. The van der Waals surface area contributed by atoms with Gasteiger partial charge < -0.3 is 9.30 Å². The molecule has 0 fully saturated rings. The van der Waals surface area contributed by atoms with Gasteiger partial charge in [-0.05, 0) is 36.4 Å². The quantitative estimate of drug-likeness (QED) is 0.648. The minimum atomic E-state index is 0.867. The number of benzene rings is 2. The van der Waals surface area contributed by atoms with E-state index in [1.807, 2.05) is 30.3 Å². The summed E-state index contributed by atoms with van der Waals surface area (Å²) in [7, 11) is 1.68. The molecule has 0 atom stereocenters. The lowest BCUT2D eigenvalue weighted by atomic mass is 10.2. The lowest BCUT2D eigenvalue weighted by Gasteiger charge is -2.07. The first-order valence-electron chi connectivity index (χ1n) is 5.50. The third kappa shape index (κ3) is 1.68. The summed E-state index contributed by atoms with van der Waals surface area (Å²) >= 11 is 0. The van der Waals surface area contributed by atoms with Gasteiger partial charge in [-0.2, -0.15) is 0 Å². The van der Waals surface area contributed by atoms with Crippen LogP contribution < -0.4 is 4.74 Å². The molecule has 0 saturated carbocycles. The van der Waals surface area contributed by atoms with E-state index in [0.29, 0.717) is 0 Å². The van der Waals surface area contributed by atoms with Crippen LogP contribution in [-0.4, -0.2) is 11.7 Å². The summed E-state index contributed by atoms with van der Waals surface area (Å²) < 4.78 is 7.39. The van der Waals surface area contributed by atoms with Crippen LogP contribution in [0.4, 0.5) is 0 Å². The molecule has 1 aromatic heterocycles. The highest BCUT2D eigenvalue weighted by Crippen LogP contribution is 2.22. The molecule has 0 aliphatic carbocycles. The van der Waals surface area contributed by atoms with E-state index >= 15 is 0 Å².